The van der Waals surface area contributed by atoms with Gasteiger partial charge < -0.3 is 21.7 Å². The van der Waals surface area contributed by atoms with Gasteiger partial charge in [-0.05, 0) is 50.5 Å². The van der Waals surface area contributed by atoms with E-state index in [-0.39, 0.29) is 17.7 Å². The zero-order valence-electron chi connectivity index (χ0n) is 16.3. The molecule has 9 nitrogen and oxygen atoms in total. The van der Waals surface area contributed by atoms with Crippen LogP contribution < -0.4 is 16.8 Å². The SMILES string of the molecule is CC1CCCCN1C(=O)c1ccc(NCc2cnc3nc(N)nc(N)c3n2)cc1. The third-order valence-electron chi connectivity index (χ3n) is 5.17. The van der Waals surface area contributed by atoms with Crippen LogP contribution in [0.4, 0.5) is 17.5 Å². The van der Waals surface area contributed by atoms with Crippen LogP contribution in [-0.2, 0) is 6.54 Å². The van der Waals surface area contributed by atoms with Crippen LogP contribution >= 0.6 is 0 Å². The highest BCUT2D eigenvalue weighted by Crippen LogP contribution is 2.20. The van der Waals surface area contributed by atoms with Crippen molar-refractivity contribution in [2.45, 2.75) is 38.8 Å². The number of aromatic nitrogens is 4. The summed E-state index contributed by atoms with van der Waals surface area (Å²) in [6.45, 7) is 3.39. The quantitative estimate of drug-likeness (QED) is 0.615. The van der Waals surface area contributed by atoms with Crippen LogP contribution in [0, 0.1) is 0 Å². The van der Waals surface area contributed by atoms with Gasteiger partial charge in [0, 0.05) is 23.8 Å². The molecule has 0 aliphatic carbocycles. The predicted octanol–water partition coefficient (Wildman–Crippen LogP) is 2.21. The summed E-state index contributed by atoms with van der Waals surface area (Å²) in [4.78, 5) is 31.3. The maximum absolute atomic E-state index is 12.7. The summed E-state index contributed by atoms with van der Waals surface area (Å²) in [6.07, 6.45) is 4.96. The third kappa shape index (κ3) is 4.03. The summed E-state index contributed by atoms with van der Waals surface area (Å²) < 4.78 is 0. The number of anilines is 3. The molecule has 1 atom stereocenters. The number of hydrogen-bond donors (Lipinski definition) is 3. The van der Waals surface area contributed by atoms with Gasteiger partial charge in [0.1, 0.15) is 0 Å². The normalized spacial score (nSPS) is 16.7. The fourth-order valence-electron chi connectivity index (χ4n) is 3.56. The molecule has 0 bridgehead atoms. The Balaban J connectivity index is 1.43. The van der Waals surface area contributed by atoms with E-state index in [4.69, 9.17) is 11.5 Å². The molecule has 29 heavy (non-hydrogen) atoms. The highest BCUT2D eigenvalue weighted by molar-refractivity contribution is 5.94. The largest absolute Gasteiger partial charge is 0.382 e. The molecule has 0 radical (unpaired) electrons. The van der Waals surface area contributed by atoms with Gasteiger partial charge in [-0.1, -0.05) is 0 Å². The molecular weight excluding hydrogens is 368 g/mol. The standard InChI is InChI=1S/C20H24N8O/c1-12-4-2-3-9-28(12)19(29)13-5-7-14(8-6-13)23-10-15-11-24-18-16(25-15)17(21)26-20(22)27-18/h5-8,11-12,23H,2-4,9-10H2,1H3,(H4,21,22,24,26,27). The van der Waals surface area contributed by atoms with Gasteiger partial charge >= 0.3 is 0 Å². The molecule has 0 saturated carbocycles. The Morgan fingerprint density at radius 1 is 1.17 bits per heavy atom. The van der Waals surface area contributed by atoms with Gasteiger partial charge in [-0.15, -0.1) is 0 Å². The van der Waals surface area contributed by atoms with E-state index in [1.165, 1.54) is 6.42 Å². The van der Waals surface area contributed by atoms with Gasteiger partial charge in [0.2, 0.25) is 5.95 Å². The van der Waals surface area contributed by atoms with Gasteiger partial charge in [0.05, 0.1) is 18.4 Å². The second-order valence-electron chi connectivity index (χ2n) is 7.27. The number of nitrogens with two attached hydrogens (primary N) is 2. The molecule has 1 aliphatic heterocycles. The minimum Gasteiger partial charge on any atom is -0.382 e. The summed E-state index contributed by atoms with van der Waals surface area (Å²) >= 11 is 0. The molecule has 1 fully saturated rings. The summed E-state index contributed by atoms with van der Waals surface area (Å²) in [5.74, 6) is 0.374. The number of likely N-dealkylation sites (tertiary alicyclic amines) is 1. The second kappa shape index (κ2) is 7.86. The Morgan fingerprint density at radius 3 is 2.72 bits per heavy atom. The van der Waals surface area contributed by atoms with E-state index in [9.17, 15) is 4.79 Å². The first-order valence-corrected chi connectivity index (χ1v) is 9.71. The van der Waals surface area contributed by atoms with E-state index in [2.05, 4.69) is 32.2 Å². The van der Waals surface area contributed by atoms with Gasteiger partial charge in [-0.25, -0.2) is 9.97 Å². The highest BCUT2D eigenvalue weighted by Gasteiger charge is 2.24. The number of hydrogen-bond acceptors (Lipinski definition) is 8. The van der Waals surface area contributed by atoms with Crippen molar-refractivity contribution < 1.29 is 4.79 Å². The summed E-state index contributed by atoms with van der Waals surface area (Å²) in [7, 11) is 0. The molecule has 3 heterocycles. The molecule has 3 aromatic rings. The van der Waals surface area contributed by atoms with Crippen LogP contribution in [0.25, 0.3) is 11.2 Å². The number of nitrogens with one attached hydrogen (secondary N) is 1. The van der Waals surface area contributed by atoms with E-state index in [1.807, 2.05) is 29.2 Å². The van der Waals surface area contributed by atoms with Gasteiger partial charge in [-0.3, -0.25) is 4.79 Å². The van der Waals surface area contributed by atoms with Gasteiger partial charge in [0.15, 0.2) is 17.0 Å². The maximum atomic E-state index is 12.7. The lowest BCUT2D eigenvalue weighted by atomic mass is 10.0. The van der Waals surface area contributed by atoms with Crippen molar-refractivity contribution >= 4 is 34.5 Å². The van der Waals surface area contributed by atoms with E-state index in [0.29, 0.717) is 35.0 Å². The van der Waals surface area contributed by atoms with Crippen molar-refractivity contribution in [2.24, 2.45) is 0 Å². The zero-order valence-corrected chi connectivity index (χ0v) is 16.3. The average molecular weight is 392 g/mol. The number of carbonyl (C=O) groups is 1. The Morgan fingerprint density at radius 2 is 1.97 bits per heavy atom. The lowest BCUT2D eigenvalue weighted by molar-refractivity contribution is 0.0635. The van der Waals surface area contributed by atoms with Crippen molar-refractivity contribution in [3.63, 3.8) is 0 Å². The molecular formula is C20H24N8O. The number of amides is 1. The molecule has 150 valence electrons. The number of benzene rings is 1. The number of fused-ring (bicyclic) bond motifs is 1. The van der Waals surface area contributed by atoms with E-state index in [1.54, 1.807) is 6.20 Å². The molecule has 9 heteroatoms. The summed E-state index contributed by atoms with van der Waals surface area (Å²) in [5, 5.41) is 3.28. The first-order valence-electron chi connectivity index (χ1n) is 9.71. The molecule has 1 aromatic carbocycles. The highest BCUT2D eigenvalue weighted by atomic mass is 16.2. The topological polar surface area (TPSA) is 136 Å². The van der Waals surface area contributed by atoms with E-state index in [0.717, 1.165) is 25.1 Å². The predicted molar refractivity (Wildman–Crippen MR) is 112 cm³/mol. The van der Waals surface area contributed by atoms with Crippen molar-refractivity contribution in [2.75, 3.05) is 23.3 Å². The maximum Gasteiger partial charge on any atom is 0.254 e. The molecule has 5 N–H and O–H groups in total. The van der Waals surface area contributed by atoms with Crippen LogP contribution in [0.3, 0.4) is 0 Å². The van der Waals surface area contributed by atoms with Gasteiger partial charge in [0.25, 0.3) is 5.91 Å². The first kappa shape index (κ1) is 18.9. The van der Waals surface area contributed by atoms with Crippen LogP contribution in [-0.4, -0.2) is 43.3 Å². The van der Waals surface area contributed by atoms with Crippen LogP contribution in [0.5, 0.6) is 0 Å². The average Bonchev–Trinajstić information content (AvgIpc) is 2.72. The van der Waals surface area contributed by atoms with E-state index < -0.39 is 0 Å². The molecule has 0 spiro atoms. The Bertz CT molecular complexity index is 1040. The smallest absolute Gasteiger partial charge is 0.254 e. The van der Waals surface area contributed by atoms with E-state index >= 15 is 0 Å². The molecule has 4 rings (SSSR count). The molecule has 1 unspecified atom stereocenters. The Labute approximate surface area is 168 Å². The minimum atomic E-state index is 0.0729. The number of piperidine rings is 1. The molecule has 1 amide bonds. The Hall–Kier alpha value is -3.49. The first-order chi connectivity index (χ1) is 14.0. The number of carbonyl (C=O) groups excluding carboxylic acids is 1. The third-order valence-corrected chi connectivity index (χ3v) is 5.17. The number of nitrogen functional groups attached to an aromatic ring is 2. The van der Waals surface area contributed by atoms with Crippen LogP contribution in [0.15, 0.2) is 30.5 Å². The van der Waals surface area contributed by atoms with Crippen LogP contribution in [0.2, 0.25) is 0 Å². The lowest BCUT2D eigenvalue weighted by Crippen LogP contribution is -2.41. The number of rotatable bonds is 4. The number of nitrogens with zero attached hydrogens (tertiary/aromatic N) is 5. The molecule has 1 aliphatic rings. The van der Waals surface area contributed by atoms with Gasteiger partial charge in [-0.2, -0.15) is 9.97 Å². The minimum absolute atomic E-state index is 0.0729. The fraction of sp³-hybridized carbons (Fsp3) is 0.350. The van der Waals surface area contributed by atoms with Crippen molar-refractivity contribution in [3.05, 3.63) is 41.7 Å². The molecule has 2 aromatic heterocycles. The fourth-order valence-corrected chi connectivity index (χ4v) is 3.56. The second-order valence-corrected chi connectivity index (χ2v) is 7.27. The summed E-state index contributed by atoms with van der Waals surface area (Å²) in [5.41, 5.74) is 14.5. The molecule has 1 saturated heterocycles. The van der Waals surface area contributed by atoms with Crippen molar-refractivity contribution in [3.8, 4) is 0 Å². The Kier molecular flexibility index (Phi) is 5.11. The lowest BCUT2D eigenvalue weighted by Gasteiger charge is -2.33. The van der Waals surface area contributed by atoms with Crippen LogP contribution in [0.1, 0.15) is 42.2 Å². The zero-order chi connectivity index (χ0) is 20.4. The summed E-state index contributed by atoms with van der Waals surface area (Å²) in [6, 6.07) is 7.80. The van der Waals surface area contributed by atoms with Crippen molar-refractivity contribution in [1.82, 2.24) is 24.8 Å². The monoisotopic (exact) mass is 392 g/mol. The van der Waals surface area contributed by atoms with Crippen molar-refractivity contribution in [1.29, 1.82) is 0 Å².